The molecular weight excluding hydrogens is 349 g/mol. The number of benzene rings is 2. The van der Waals surface area contributed by atoms with E-state index < -0.39 is 6.10 Å². The van der Waals surface area contributed by atoms with Gasteiger partial charge in [-0.25, -0.2) is 0 Å². The standard InChI is InChI=1S/C18H19Cl2NO3/c1-10-8-15(17(23-4)9-14(10)20)21-18(22)12(3)24-16-6-5-13(19)7-11(16)2/h5-9,12H,1-4H3,(H,21,22). The third kappa shape index (κ3) is 4.34. The van der Waals surface area contributed by atoms with Gasteiger partial charge < -0.3 is 14.8 Å². The lowest BCUT2D eigenvalue weighted by molar-refractivity contribution is -0.122. The fourth-order valence-electron chi connectivity index (χ4n) is 2.15. The van der Waals surface area contributed by atoms with Crippen LogP contribution in [0.25, 0.3) is 0 Å². The van der Waals surface area contributed by atoms with Crippen molar-refractivity contribution >= 4 is 34.8 Å². The summed E-state index contributed by atoms with van der Waals surface area (Å²) in [4.78, 5) is 12.4. The van der Waals surface area contributed by atoms with Crippen molar-refractivity contribution in [3.8, 4) is 11.5 Å². The number of rotatable bonds is 5. The molecule has 1 atom stereocenters. The Labute approximate surface area is 151 Å². The maximum absolute atomic E-state index is 12.4. The number of carbonyl (C=O) groups is 1. The van der Waals surface area contributed by atoms with Gasteiger partial charge in [0, 0.05) is 16.1 Å². The molecule has 128 valence electrons. The van der Waals surface area contributed by atoms with E-state index >= 15 is 0 Å². The summed E-state index contributed by atoms with van der Waals surface area (Å²) in [5.41, 5.74) is 2.25. The minimum atomic E-state index is -0.689. The SMILES string of the molecule is COc1cc(Cl)c(C)cc1NC(=O)C(C)Oc1ccc(Cl)cc1C. The van der Waals surface area contributed by atoms with Crippen LogP contribution >= 0.6 is 23.2 Å². The van der Waals surface area contributed by atoms with Gasteiger partial charge in [-0.15, -0.1) is 0 Å². The molecule has 0 saturated carbocycles. The van der Waals surface area contributed by atoms with Gasteiger partial charge in [0.05, 0.1) is 12.8 Å². The Morgan fingerprint density at radius 1 is 1.08 bits per heavy atom. The summed E-state index contributed by atoms with van der Waals surface area (Å²) in [5, 5.41) is 4.01. The number of amides is 1. The normalized spacial score (nSPS) is 11.8. The van der Waals surface area contributed by atoms with Crippen LogP contribution in [0, 0.1) is 13.8 Å². The average molecular weight is 368 g/mol. The predicted molar refractivity (Wildman–Crippen MR) is 97.6 cm³/mol. The molecule has 2 rings (SSSR count). The molecule has 2 aromatic rings. The van der Waals surface area contributed by atoms with Crippen LogP contribution in [0.2, 0.25) is 10.0 Å². The highest BCUT2D eigenvalue weighted by Crippen LogP contribution is 2.31. The topological polar surface area (TPSA) is 47.6 Å². The zero-order valence-electron chi connectivity index (χ0n) is 13.9. The first-order valence-electron chi connectivity index (χ1n) is 7.39. The number of anilines is 1. The lowest BCUT2D eigenvalue weighted by atomic mass is 10.2. The summed E-state index contributed by atoms with van der Waals surface area (Å²) >= 11 is 12.0. The molecule has 0 aliphatic heterocycles. The summed E-state index contributed by atoms with van der Waals surface area (Å²) in [5.74, 6) is 0.819. The van der Waals surface area contributed by atoms with Gasteiger partial charge in [-0.3, -0.25) is 4.79 Å². The maximum Gasteiger partial charge on any atom is 0.265 e. The van der Waals surface area contributed by atoms with Crippen molar-refractivity contribution in [3.05, 3.63) is 51.5 Å². The molecule has 0 heterocycles. The Hall–Kier alpha value is -1.91. The van der Waals surface area contributed by atoms with E-state index in [1.54, 1.807) is 37.3 Å². The lowest BCUT2D eigenvalue weighted by Gasteiger charge is -2.18. The van der Waals surface area contributed by atoms with E-state index in [1.807, 2.05) is 13.8 Å². The van der Waals surface area contributed by atoms with E-state index in [2.05, 4.69) is 5.32 Å². The first kappa shape index (κ1) is 18.4. The van der Waals surface area contributed by atoms with Gasteiger partial charge in [-0.05, 0) is 56.2 Å². The van der Waals surface area contributed by atoms with Crippen molar-refractivity contribution in [3.63, 3.8) is 0 Å². The van der Waals surface area contributed by atoms with Crippen molar-refractivity contribution in [1.82, 2.24) is 0 Å². The molecule has 0 saturated heterocycles. The van der Waals surface area contributed by atoms with E-state index in [-0.39, 0.29) is 5.91 Å². The molecular formula is C18H19Cl2NO3. The first-order valence-corrected chi connectivity index (χ1v) is 8.15. The van der Waals surface area contributed by atoms with Crippen molar-refractivity contribution in [2.45, 2.75) is 26.9 Å². The number of halogens is 2. The Morgan fingerprint density at radius 3 is 2.42 bits per heavy atom. The Morgan fingerprint density at radius 2 is 1.79 bits per heavy atom. The van der Waals surface area contributed by atoms with Crippen molar-refractivity contribution in [2.24, 2.45) is 0 Å². The van der Waals surface area contributed by atoms with Gasteiger partial charge in [0.2, 0.25) is 0 Å². The van der Waals surface area contributed by atoms with E-state index in [0.717, 1.165) is 11.1 Å². The Balaban J connectivity index is 2.13. The predicted octanol–water partition coefficient (Wildman–Crippen LogP) is 5.02. The highest BCUT2D eigenvalue weighted by Gasteiger charge is 2.18. The quantitative estimate of drug-likeness (QED) is 0.806. The first-order chi connectivity index (χ1) is 11.3. The summed E-state index contributed by atoms with van der Waals surface area (Å²) in [7, 11) is 1.52. The average Bonchev–Trinajstić information content (AvgIpc) is 2.53. The number of aryl methyl sites for hydroxylation is 2. The fraction of sp³-hybridized carbons (Fsp3) is 0.278. The third-order valence-corrected chi connectivity index (χ3v) is 4.19. The highest BCUT2D eigenvalue weighted by molar-refractivity contribution is 6.31. The smallest absolute Gasteiger partial charge is 0.265 e. The third-order valence-electron chi connectivity index (χ3n) is 3.55. The second kappa shape index (κ2) is 7.77. The number of ether oxygens (including phenoxy) is 2. The molecule has 6 heteroatoms. The summed E-state index contributed by atoms with van der Waals surface area (Å²) in [6.07, 6.45) is -0.689. The number of nitrogens with one attached hydrogen (secondary N) is 1. The number of methoxy groups -OCH3 is 1. The lowest BCUT2D eigenvalue weighted by Crippen LogP contribution is -2.30. The van der Waals surface area contributed by atoms with Crippen LogP contribution in [-0.4, -0.2) is 19.1 Å². The Bertz CT molecular complexity index is 762. The molecule has 24 heavy (non-hydrogen) atoms. The van der Waals surface area contributed by atoms with Crippen molar-refractivity contribution < 1.29 is 14.3 Å². The van der Waals surface area contributed by atoms with E-state index in [1.165, 1.54) is 7.11 Å². The van der Waals surface area contributed by atoms with Gasteiger partial charge in [-0.1, -0.05) is 23.2 Å². The van der Waals surface area contributed by atoms with Gasteiger partial charge in [0.25, 0.3) is 5.91 Å². The molecule has 0 bridgehead atoms. The van der Waals surface area contributed by atoms with Crippen molar-refractivity contribution in [1.29, 1.82) is 0 Å². The molecule has 0 aliphatic rings. The molecule has 1 unspecified atom stereocenters. The number of hydrogen-bond donors (Lipinski definition) is 1. The number of hydrogen-bond acceptors (Lipinski definition) is 3. The monoisotopic (exact) mass is 367 g/mol. The van der Waals surface area contributed by atoms with Crippen LogP contribution in [0.15, 0.2) is 30.3 Å². The summed E-state index contributed by atoms with van der Waals surface area (Å²) < 4.78 is 11.0. The van der Waals surface area contributed by atoms with Crippen LogP contribution < -0.4 is 14.8 Å². The number of carbonyl (C=O) groups excluding carboxylic acids is 1. The molecule has 0 aromatic heterocycles. The van der Waals surface area contributed by atoms with Gasteiger partial charge >= 0.3 is 0 Å². The van der Waals surface area contributed by atoms with Crippen LogP contribution in [0.3, 0.4) is 0 Å². The summed E-state index contributed by atoms with van der Waals surface area (Å²) in [6.45, 7) is 5.41. The molecule has 1 N–H and O–H groups in total. The molecule has 0 aliphatic carbocycles. The Kier molecular flexibility index (Phi) is 5.97. The second-order valence-electron chi connectivity index (χ2n) is 5.46. The second-order valence-corrected chi connectivity index (χ2v) is 6.30. The minimum Gasteiger partial charge on any atom is -0.495 e. The van der Waals surface area contributed by atoms with Gasteiger partial charge in [0.1, 0.15) is 11.5 Å². The summed E-state index contributed by atoms with van der Waals surface area (Å²) in [6, 6.07) is 8.68. The van der Waals surface area contributed by atoms with E-state index in [9.17, 15) is 4.79 Å². The molecule has 0 spiro atoms. The molecule has 0 radical (unpaired) electrons. The van der Waals surface area contributed by atoms with Gasteiger partial charge in [-0.2, -0.15) is 0 Å². The molecule has 4 nitrogen and oxygen atoms in total. The largest absolute Gasteiger partial charge is 0.495 e. The van der Waals surface area contributed by atoms with Crippen LogP contribution in [0.4, 0.5) is 5.69 Å². The van der Waals surface area contributed by atoms with Gasteiger partial charge in [0.15, 0.2) is 6.10 Å². The minimum absolute atomic E-state index is 0.288. The molecule has 2 aromatic carbocycles. The zero-order valence-corrected chi connectivity index (χ0v) is 15.5. The maximum atomic E-state index is 12.4. The highest BCUT2D eigenvalue weighted by atomic mass is 35.5. The van der Waals surface area contributed by atoms with Crippen LogP contribution in [0.5, 0.6) is 11.5 Å². The molecule has 1 amide bonds. The molecule has 0 fully saturated rings. The van der Waals surface area contributed by atoms with Crippen LogP contribution in [-0.2, 0) is 4.79 Å². The zero-order chi connectivity index (χ0) is 17.9. The fourth-order valence-corrected chi connectivity index (χ4v) is 2.53. The van der Waals surface area contributed by atoms with E-state index in [4.69, 9.17) is 32.7 Å². The van der Waals surface area contributed by atoms with Crippen molar-refractivity contribution in [2.75, 3.05) is 12.4 Å². The van der Waals surface area contributed by atoms with Crippen LogP contribution in [0.1, 0.15) is 18.1 Å². The van der Waals surface area contributed by atoms with E-state index in [0.29, 0.717) is 27.2 Å².